The van der Waals surface area contributed by atoms with E-state index < -0.39 is 9.84 Å². The van der Waals surface area contributed by atoms with Crippen LogP contribution in [0, 0.1) is 6.92 Å². The predicted octanol–water partition coefficient (Wildman–Crippen LogP) is 3.64. The standard InChI is InChI=1S/C22H24N4O3S/c1-15-7-8-17(21-25-24-20-6-4-3-5-13-26(20)21)14-19(15)23-22(27)16-9-11-18(12-10-16)30(2,28)29/h7-12,14H,3-6,13H2,1-2H3,(H,23,27). The third-order valence-corrected chi connectivity index (χ3v) is 6.53. The van der Waals surface area contributed by atoms with E-state index in [4.69, 9.17) is 0 Å². The first kappa shape index (κ1) is 20.3. The van der Waals surface area contributed by atoms with E-state index in [1.165, 1.54) is 30.7 Å². The van der Waals surface area contributed by atoms with Crippen LogP contribution in [0.2, 0.25) is 0 Å². The highest BCUT2D eigenvalue weighted by Gasteiger charge is 2.17. The second kappa shape index (κ2) is 8.02. The average molecular weight is 425 g/mol. The Labute approximate surface area is 176 Å². The minimum absolute atomic E-state index is 0.185. The Hall–Kier alpha value is -3.00. The zero-order valence-electron chi connectivity index (χ0n) is 17.1. The average Bonchev–Trinajstić information content (AvgIpc) is 2.97. The molecule has 0 spiro atoms. The topological polar surface area (TPSA) is 93.9 Å². The number of aryl methyl sites for hydroxylation is 2. The molecule has 8 heteroatoms. The minimum atomic E-state index is -3.30. The van der Waals surface area contributed by atoms with Gasteiger partial charge >= 0.3 is 0 Å². The van der Waals surface area contributed by atoms with Gasteiger partial charge in [0.05, 0.1) is 4.90 Å². The van der Waals surface area contributed by atoms with E-state index in [9.17, 15) is 13.2 Å². The summed E-state index contributed by atoms with van der Waals surface area (Å²) in [5.74, 6) is 1.54. The summed E-state index contributed by atoms with van der Waals surface area (Å²) in [6.45, 7) is 2.83. The summed E-state index contributed by atoms with van der Waals surface area (Å²) in [5, 5.41) is 11.7. The molecule has 156 valence electrons. The smallest absolute Gasteiger partial charge is 0.255 e. The summed E-state index contributed by atoms with van der Waals surface area (Å²) in [7, 11) is -3.30. The first-order valence-electron chi connectivity index (χ1n) is 9.97. The Balaban J connectivity index is 1.60. The number of fused-ring (bicyclic) bond motifs is 1. The lowest BCUT2D eigenvalue weighted by atomic mass is 10.1. The minimum Gasteiger partial charge on any atom is -0.322 e. The molecule has 0 fully saturated rings. The van der Waals surface area contributed by atoms with Crippen molar-refractivity contribution in [3.05, 3.63) is 59.4 Å². The maximum atomic E-state index is 12.7. The molecular weight excluding hydrogens is 400 g/mol. The number of hydrogen-bond acceptors (Lipinski definition) is 5. The van der Waals surface area contributed by atoms with Crippen LogP contribution in [0.1, 0.15) is 41.0 Å². The van der Waals surface area contributed by atoms with E-state index >= 15 is 0 Å². The molecule has 0 saturated heterocycles. The fourth-order valence-electron chi connectivity index (χ4n) is 3.64. The van der Waals surface area contributed by atoms with E-state index in [1.54, 1.807) is 0 Å². The Morgan fingerprint density at radius 2 is 1.80 bits per heavy atom. The quantitative estimate of drug-likeness (QED) is 0.690. The predicted molar refractivity (Wildman–Crippen MR) is 115 cm³/mol. The van der Waals surface area contributed by atoms with Crippen LogP contribution >= 0.6 is 0 Å². The molecule has 1 N–H and O–H groups in total. The molecule has 3 aromatic rings. The summed E-state index contributed by atoms with van der Waals surface area (Å²) >= 11 is 0. The molecule has 2 aromatic carbocycles. The highest BCUT2D eigenvalue weighted by Crippen LogP contribution is 2.27. The van der Waals surface area contributed by atoms with Crippen molar-refractivity contribution in [1.82, 2.24) is 14.8 Å². The van der Waals surface area contributed by atoms with E-state index in [0.717, 1.165) is 54.8 Å². The molecule has 7 nitrogen and oxygen atoms in total. The summed E-state index contributed by atoms with van der Waals surface area (Å²) in [6.07, 6.45) is 5.51. The molecule has 4 rings (SSSR count). The van der Waals surface area contributed by atoms with Crippen molar-refractivity contribution in [3.63, 3.8) is 0 Å². The van der Waals surface area contributed by atoms with E-state index in [1.807, 2.05) is 25.1 Å². The van der Waals surface area contributed by atoms with Crippen LogP contribution in [-0.4, -0.2) is 35.3 Å². The fraction of sp³-hybridized carbons (Fsp3) is 0.318. The molecule has 1 aliphatic rings. The fourth-order valence-corrected chi connectivity index (χ4v) is 4.27. The van der Waals surface area contributed by atoms with Crippen LogP contribution < -0.4 is 5.32 Å². The monoisotopic (exact) mass is 424 g/mol. The number of carbonyl (C=O) groups is 1. The lowest BCUT2D eigenvalue weighted by Gasteiger charge is -2.12. The molecule has 1 amide bonds. The van der Waals surface area contributed by atoms with Crippen molar-refractivity contribution < 1.29 is 13.2 Å². The van der Waals surface area contributed by atoms with Crippen molar-refractivity contribution in [1.29, 1.82) is 0 Å². The SMILES string of the molecule is Cc1ccc(-c2nnc3n2CCCCC3)cc1NC(=O)c1ccc(S(C)(=O)=O)cc1. The van der Waals surface area contributed by atoms with Crippen molar-refractivity contribution in [3.8, 4) is 11.4 Å². The van der Waals surface area contributed by atoms with Crippen molar-refractivity contribution in [2.75, 3.05) is 11.6 Å². The Kier molecular flexibility index (Phi) is 5.42. The zero-order valence-corrected chi connectivity index (χ0v) is 17.9. The van der Waals surface area contributed by atoms with E-state index in [0.29, 0.717) is 11.3 Å². The number of nitrogens with one attached hydrogen (secondary N) is 1. The molecule has 0 bridgehead atoms. The number of sulfone groups is 1. The van der Waals surface area contributed by atoms with Crippen molar-refractivity contribution in [2.45, 2.75) is 44.0 Å². The molecule has 0 saturated carbocycles. The van der Waals surface area contributed by atoms with Gasteiger partial charge in [-0.05, 0) is 55.7 Å². The second-order valence-corrected chi connectivity index (χ2v) is 9.70. The van der Waals surface area contributed by atoms with Gasteiger partial charge in [-0.3, -0.25) is 4.79 Å². The Morgan fingerprint density at radius 3 is 2.53 bits per heavy atom. The van der Waals surface area contributed by atoms with Crippen LogP contribution in [0.15, 0.2) is 47.4 Å². The number of benzene rings is 2. The molecular formula is C22H24N4O3S. The normalized spacial score (nSPS) is 14.1. The van der Waals surface area contributed by atoms with Gasteiger partial charge in [-0.2, -0.15) is 0 Å². The number of rotatable bonds is 4. The number of amides is 1. The number of hydrogen-bond donors (Lipinski definition) is 1. The number of aromatic nitrogens is 3. The molecule has 2 heterocycles. The van der Waals surface area contributed by atoms with Gasteiger partial charge in [0.25, 0.3) is 5.91 Å². The van der Waals surface area contributed by atoms with Gasteiger partial charge in [0.2, 0.25) is 0 Å². The van der Waals surface area contributed by atoms with Gasteiger partial charge in [-0.15, -0.1) is 10.2 Å². The first-order chi connectivity index (χ1) is 14.3. The highest BCUT2D eigenvalue weighted by atomic mass is 32.2. The zero-order chi connectivity index (χ0) is 21.3. The summed E-state index contributed by atoms with van der Waals surface area (Å²) in [4.78, 5) is 12.9. The van der Waals surface area contributed by atoms with Gasteiger partial charge in [0, 0.05) is 36.0 Å². The second-order valence-electron chi connectivity index (χ2n) is 7.68. The summed E-state index contributed by atoms with van der Waals surface area (Å²) in [6, 6.07) is 11.8. The van der Waals surface area contributed by atoms with Crippen LogP contribution in [-0.2, 0) is 22.8 Å². The Bertz CT molecular complexity index is 1200. The van der Waals surface area contributed by atoms with Crippen LogP contribution in [0.5, 0.6) is 0 Å². The molecule has 0 atom stereocenters. The number of carbonyl (C=O) groups excluding carboxylic acids is 1. The first-order valence-corrected chi connectivity index (χ1v) is 11.9. The van der Waals surface area contributed by atoms with Gasteiger partial charge in [-0.1, -0.05) is 18.6 Å². The van der Waals surface area contributed by atoms with Gasteiger partial charge in [0.15, 0.2) is 15.7 Å². The van der Waals surface area contributed by atoms with Gasteiger partial charge < -0.3 is 9.88 Å². The highest BCUT2D eigenvalue weighted by molar-refractivity contribution is 7.90. The molecule has 0 radical (unpaired) electrons. The molecule has 1 aromatic heterocycles. The molecule has 0 aliphatic carbocycles. The number of anilines is 1. The van der Waals surface area contributed by atoms with Crippen LogP contribution in [0.3, 0.4) is 0 Å². The van der Waals surface area contributed by atoms with Crippen LogP contribution in [0.25, 0.3) is 11.4 Å². The maximum Gasteiger partial charge on any atom is 0.255 e. The summed E-state index contributed by atoms with van der Waals surface area (Å²) in [5.41, 5.74) is 2.92. The Morgan fingerprint density at radius 1 is 1.03 bits per heavy atom. The van der Waals surface area contributed by atoms with Crippen molar-refractivity contribution in [2.24, 2.45) is 0 Å². The maximum absolute atomic E-state index is 12.7. The summed E-state index contributed by atoms with van der Waals surface area (Å²) < 4.78 is 25.4. The van der Waals surface area contributed by atoms with Gasteiger partial charge in [0.1, 0.15) is 5.82 Å². The largest absolute Gasteiger partial charge is 0.322 e. The van der Waals surface area contributed by atoms with E-state index in [2.05, 4.69) is 20.1 Å². The molecule has 30 heavy (non-hydrogen) atoms. The van der Waals surface area contributed by atoms with Gasteiger partial charge in [-0.25, -0.2) is 8.42 Å². The number of nitrogens with zero attached hydrogens (tertiary/aromatic N) is 3. The van der Waals surface area contributed by atoms with E-state index in [-0.39, 0.29) is 10.8 Å². The van der Waals surface area contributed by atoms with Crippen molar-refractivity contribution >= 4 is 21.4 Å². The lowest BCUT2D eigenvalue weighted by Crippen LogP contribution is -2.13. The van der Waals surface area contributed by atoms with Crippen LogP contribution in [0.4, 0.5) is 5.69 Å². The molecule has 1 aliphatic heterocycles. The third kappa shape index (κ3) is 4.14. The molecule has 0 unspecified atom stereocenters. The lowest BCUT2D eigenvalue weighted by molar-refractivity contribution is 0.102. The third-order valence-electron chi connectivity index (χ3n) is 5.40.